The van der Waals surface area contributed by atoms with E-state index in [4.69, 9.17) is 23.7 Å². The van der Waals surface area contributed by atoms with E-state index in [1.54, 1.807) is 30.3 Å². The van der Waals surface area contributed by atoms with Crippen molar-refractivity contribution in [3.05, 3.63) is 35.9 Å². The first-order valence-corrected chi connectivity index (χ1v) is 10.2. The zero-order valence-corrected chi connectivity index (χ0v) is 18.8. The second-order valence-corrected chi connectivity index (χ2v) is 7.36. The average molecular weight is 465 g/mol. The minimum Gasteiger partial charge on any atom is -0.463 e. The van der Waals surface area contributed by atoms with E-state index in [0.717, 1.165) is 20.8 Å². The summed E-state index contributed by atoms with van der Waals surface area (Å²) < 4.78 is 26.6. The molecule has 11 nitrogen and oxygen atoms in total. The fourth-order valence-corrected chi connectivity index (χ4v) is 3.34. The number of carbonyl (C=O) groups is 5. The van der Waals surface area contributed by atoms with Gasteiger partial charge >= 0.3 is 23.9 Å². The molecule has 1 aliphatic heterocycles. The van der Waals surface area contributed by atoms with Gasteiger partial charge in [0.05, 0.1) is 6.42 Å². The highest BCUT2D eigenvalue weighted by molar-refractivity contribution is 5.79. The van der Waals surface area contributed by atoms with E-state index in [1.807, 2.05) is 0 Å². The minimum atomic E-state index is -1.42. The standard InChI is InChI=1S/C22H27NO10/c1-12(24)29-11-17-20(30-13(2)25)21(31-14(3)26)19(22(33-17)32-15(4)27)23-18(28)10-16-8-6-5-7-9-16/h5-9,17,19-22H,10-11H2,1-4H3,(H,23,28)/t17-,19-,20-,21+,22+/m0/s1. The normalized spacial score (nSPS) is 24.2. The fraction of sp³-hybridized carbons (Fsp3) is 0.500. The Hall–Kier alpha value is -3.47. The lowest BCUT2D eigenvalue weighted by Gasteiger charge is -2.44. The van der Waals surface area contributed by atoms with Crippen LogP contribution in [0.2, 0.25) is 0 Å². The smallest absolute Gasteiger partial charge is 0.305 e. The molecule has 0 radical (unpaired) electrons. The minimum absolute atomic E-state index is 0.0218. The molecular formula is C22H27NO10. The second-order valence-electron chi connectivity index (χ2n) is 7.36. The summed E-state index contributed by atoms with van der Waals surface area (Å²) in [5, 5.41) is 2.65. The molecular weight excluding hydrogens is 438 g/mol. The SMILES string of the molecule is CC(=O)OC[C@@H]1O[C@@H](OC(C)=O)[C@@H](NC(=O)Cc2ccccc2)[C@@H](OC(C)=O)[C@H]1OC(C)=O. The summed E-state index contributed by atoms with van der Waals surface area (Å²) in [5.74, 6) is -3.32. The summed E-state index contributed by atoms with van der Waals surface area (Å²) in [6.45, 7) is 4.18. The number of hydrogen-bond donors (Lipinski definition) is 1. The Balaban J connectivity index is 2.37. The maximum absolute atomic E-state index is 12.7. The number of ether oxygens (including phenoxy) is 5. The average Bonchev–Trinajstić information content (AvgIpc) is 2.70. The Kier molecular flexibility index (Phi) is 9.34. The molecule has 0 aromatic heterocycles. The van der Waals surface area contributed by atoms with Crippen molar-refractivity contribution >= 4 is 29.8 Å². The van der Waals surface area contributed by atoms with Crippen LogP contribution < -0.4 is 5.32 Å². The van der Waals surface area contributed by atoms with Crippen LogP contribution in [0.3, 0.4) is 0 Å². The molecule has 180 valence electrons. The van der Waals surface area contributed by atoms with Crippen molar-refractivity contribution in [1.82, 2.24) is 5.32 Å². The third-order valence-corrected chi connectivity index (χ3v) is 4.52. The van der Waals surface area contributed by atoms with E-state index in [-0.39, 0.29) is 13.0 Å². The predicted molar refractivity (Wildman–Crippen MR) is 110 cm³/mol. The lowest BCUT2D eigenvalue weighted by Crippen LogP contribution is -2.67. The number of esters is 4. The molecule has 1 heterocycles. The van der Waals surface area contributed by atoms with Gasteiger partial charge in [0, 0.05) is 27.7 Å². The Labute approximate surface area is 190 Å². The van der Waals surface area contributed by atoms with Crippen molar-refractivity contribution in [3.8, 4) is 0 Å². The molecule has 0 unspecified atom stereocenters. The van der Waals surface area contributed by atoms with E-state index in [0.29, 0.717) is 5.56 Å². The van der Waals surface area contributed by atoms with Crippen LogP contribution in [0, 0.1) is 0 Å². The molecule has 5 atom stereocenters. The van der Waals surface area contributed by atoms with Crippen LogP contribution >= 0.6 is 0 Å². The first-order chi connectivity index (χ1) is 15.6. The van der Waals surface area contributed by atoms with Crippen molar-refractivity contribution in [2.24, 2.45) is 0 Å². The van der Waals surface area contributed by atoms with Gasteiger partial charge in [0.25, 0.3) is 0 Å². The van der Waals surface area contributed by atoms with Gasteiger partial charge in [-0.3, -0.25) is 24.0 Å². The maximum Gasteiger partial charge on any atom is 0.305 e. The molecule has 2 rings (SSSR count). The third kappa shape index (κ3) is 8.19. The van der Waals surface area contributed by atoms with Gasteiger partial charge in [-0.15, -0.1) is 0 Å². The number of nitrogens with one attached hydrogen (secondary N) is 1. The zero-order valence-electron chi connectivity index (χ0n) is 18.8. The lowest BCUT2D eigenvalue weighted by molar-refractivity contribution is -0.271. The largest absolute Gasteiger partial charge is 0.463 e. The van der Waals surface area contributed by atoms with Gasteiger partial charge in [0.1, 0.15) is 18.8 Å². The van der Waals surface area contributed by atoms with Crippen LogP contribution in [-0.2, 0) is 54.1 Å². The Morgan fingerprint density at radius 1 is 0.818 bits per heavy atom. The van der Waals surface area contributed by atoms with Crippen molar-refractivity contribution in [3.63, 3.8) is 0 Å². The Morgan fingerprint density at radius 3 is 1.94 bits per heavy atom. The zero-order chi connectivity index (χ0) is 24.5. The third-order valence-electron chi connectivity index (χ3n) is 4.52. The molecule has 1 aromatic rings. The lowest BCUT2D eigenvalue weighted by atomic mass is 9.95. The van der Waals surface area contributed by atoms with Crippen molar-refractivity contribution in [2.45, 2.75) is 64.8 Å². The molecule has 11 heteroatoms. The first kappa shape index (κ1) is 25.8. The predicted octanol–water partition coefficient (Wildman–Crippen LogP) is 0.428. The van der Waals surface area contributed by atoms with Gasteiger partial charge in [-0.1, -0.05) is 30.3 Å². The number of amides is 1. The van der Waals surface area contributed by atoms with Crippen LogP contribution in [0.25, 0.3) is 0 Å². The molecule has 1 aromatic carbocycles. The molecule has 0 saturated carbocycles. The van der Waals surface area contributed by atoms with Crippen molar-refractivity contribution in [2.75, 3.05) is 6.61 Å². The maximum atomic E-state index is 12.7. The quantitative estimate of drug-likeness (QED) is 0.424. The molecule has 1 N–H and O–H groups in total. The Bertz CT molecular complexity index is 871. The highest BCUT2D eigenvalue weighted by Crippen LogP contribution is 2.28. The van der Waals surface area contributed by atoms with Crippen LogP contribution in [0.4, 0.5) is 0 Å². The Morgan fingerprint density at radius 2 is 1.39 bits per heavy atom. The van der Waals surface area contributed by atoms with E-state index >= 15 is 0 Å². The van der Waals surface area contributed by atoms with Gasteiger partial charge in [-0.2, -0.15) is 0 Å². The van der Waals surface area contributed by atoms with Gasteiger partial charge < -0.3 is 29.0 Å². The van der Waals surface area contributed by atoms with Crippen LogP contribution in [-0.4, -0.2) is 67.0 Å². The number of rotatable bonds is 8. The van der Waals surface area contributed by atoms with Crippen molar-refractivity contribution < 1.29 is 47.7 Å². The van der Waals surface area contributed by atoms with Crippen LogP contribution in [0.15, 0.2) is 30.3 Å². The number of benzene rings is 1. The van der Waals surface area contributed by atoms with Gasteiger partial charge in [-0.05, 0) is 5.56 Å². The summed E-state index contributed by atoms with van der Waals surface area (Å²) in [5.41, 5.74) is 0.712. The number of carbonyl (C=O) groups excluding carboxylic acids is 5. The summed E-state index contributed by atoms with van der Waals surface area (Å²) in [7, 11) is 0. The molecule has 0 spiro atoms. The van der Waals surface area contributed by atoms with Gasteiger partial charge in [0.15, 0.2) is 12.2 Å². The van der Waals surface area contributed by atoms with Gasteiger partial charge in [-0.25, -0.2) is 0 Å². The highest BCUT2D eigenvalue weighted by atomic mass is 16.7. The number of hydrogen-bond acceptors (Lipinski definition) is 10. The summed E-state index contributed by atoms with van der Waals surface area (Å²) >= 11 is 0. The van der Waals surface area contributed by atoms with Crippen LogP contribution in [0.1, 0.15) is 33.3 Å². The van der Waals surface area contributed by atoms with Crippen molar-refractivity contribution in [1.29, 1.82) is 0 Å². The van der Waals surface area contributed by atoms with Gasteiger partial charge in [0.2, 0.25) is 12.2 Å². The topological polar surface area (TPSA) is 144 Å². The molecule has 1 fully saturated rings. The van der Waals surface area contributed by atoms with E-state index < -0.39 is 60.4 Å². The monoisotopic (exact) mass is 465 g/mol. The molecule has 33 heavy (non-hydrogen) atoms. The summed E-state index contributed by atoms with van der Waals surface area (Å²) in [6.07, 6.45) is -5.15. The molecule has 0 bridgehead atoms. The first-order valence-electron chi connectivity index (χ1n) is 10.2. The van der Waals surface area contributed by atoms with E-state index in [9.17, 15) is 24.0 Å². The van der Waals surface area contributed by atoms with E-state index in [2.05, 4.69) is 5.32 Å². The fourth-order valence-electron chi connectivity index (χ4n) is 3.34. The molecule has 1 saturated heterocycles. The van der Waals surface area contributed by atoms with Crippen LogP contribution in [0.5, 0.6) is 0 Å². The van der Waals surface area contributed by atoms with E-state index in [1.165, 1.54) is 6.92 Å². The summed E-state index contributed by atoms with van der Waals surface area (Å²) in [4.78, 5) is 59.4. The molecule has 0 aliphatic carbocycles. The highest BCUT2D eigenvalue weighted by Gasteiger charge is 2.52. The molecule has 1 amide bonds. The second kappa shape index (κ2) is 12.0. The summed E-state index contributed by atoms with van der Waals surface area (Å²) in [6, 6.07) is 7.63. The molecule has 1 aliphatic rings.